The molecule has 0 amide bonds. The molecule has 4 rings (SSSR count). The van der Waals surface area contributed by atoms with E-state index in [1.54, 1.807) is 5.57 Å². The summed E-state index contributed by atoms with van der Waals surface area (Å²) in [5.41, 5.74) is 9.01. The Hall–Kier alpha value is -2.16. The molecule has 1 heterocycles. The molecule has 2 aliphatic rings. The third kappa shape index (κ3) is 2.72. The highest BCUT2D eigenvalue weighted by molar-refractivity contribution is 5.95. The third-order valence-electron chi connectivity index (χ3n) is 5.19. The SMILES string of the molecule is CN1CCC(=C2c3ccccc3C=Cc3ccc(CO)cc32)CC1. The zero-order chi connectivity index (χ0) is 16.5. The van der Waals surface area contributed by atoms with Gasteiger partial charge in [0.05, 0.1) is 6.61 Å². The van der Waals surface area contributed by atoms with Gasteiger partial charge in [0.15, 0.2) is 0 Å². The summed E-state index contributed by atoms with van der Waals surface area (Å²) < 4.78 is 0. The summed E-state index contributed by atoms with van der Waals surface area (Å²) in [7, 11) is 2.20. The second-order valence-corrected chi connectivity index (χ2v) is 6.78. The molecule has 1 aliphatic heterocycles. The molecule has 1 aliphatic carbocycles. The lowest BCUT2D eigenvalue weighted by molar-refractivity contribution is 0.282. The molecule has 0 unspecified atom stereocenters. The number of likely N-dealkylation sites (tertiary alicyclic amines) is 1. The van der Waals surface area contributed by atoms with Crippen LogP contribution in [0.2, 0.25) is 0 Å². The predicted octanol–water partition coefficient (Wildman–Crippen LogP) is 4.19. The summed E-state index contributed by atoms with van der Waals surface area (Å²) in [6.45, 7) is 2.32. The standard InChI is InChI=1S/C22H23NO/c1-23-12-10-19(11-13-23)22-20-5-3-2-4-17(20)8-9-18-7-6-16(15-24)14-21(18)22/h2-9,14,24H,10-13,15H2,1H3. The van der Waals surface area contributed by atoms with Crippen LogP contribution in [-0.4, -0.2) is 30.1 Å². The quantitative estimate of drug-likeness (QED) is 0.727. The van der Waals surface area contributed by atoms with Gasteiger partial charge in [-0.05, 0) is 59.3 Å². The first-order valence-electron chi connectivity index (χ1n) is 8.68. The van der Waals surface area contributed by atoms with Crippen LogP contribution < -0.4 is 0 Å². The van der Waals surface area contributed by atoms with Gasteiger partial charge in [0, 0.05) is 13.1 Å². The van der Waals surface area contributed by atoms with E-state index in [0.29, 0.717) is 0 Å². The summed E-state index contributed by atoms with van der Waals surface area (Å²) in [6, 6.07) is 15.0. The molecule has 0 aromatic heterocycles. The smallest absolute Gasteiger partial charge is 0.0682 e. The van der Waals surface area contributed by atoms with Crippen molar-refractivity contribution in [2.75, 3.05) is 20.1 Å². The van der Waals surface area contributed by atoms with Gasteiger partial charge in [-0.1, -0.05) is 54.1 Å². The number of fused-ring (bicyclic) bond motifs is 2. The highest BCUT2D eigenvalue weighted by Gasteiger charge is 2.21. The number of aliphatic hydroxyl groups excluding tert-OH is 1. The molecule has 1 N–H and O–H groups in total. The summed E-state index contributed by atoms with van der Waals surface area (Å²) in [6.07, 6.45) is 6.65. The topological polar surface area (TPSA) is 23.5 Å². The van der Waals surface area contributed by atoms with E-state index in [-0.39, 0.29) is 6.61 Å². The molecule has 0 radical (unpaired) electrons. The summed E-state index contributed by atoms with van der Waals surface area (Å²) >= 11 is 0. The fourth-order valence-corrected chi connectivity index (χ4v) is 3.78. The van der Waals surface area contributed by atoms with Crippen molar-refractivity contribution in [2.24, 2.45) is 0 Å². The first-order chi connectivity index (χ1) is 11.8. The van der Waals surface area contributed by atoms with E-state index in [9.17, 15) is 5.11 Å². The molecular weight excluding hydrogens is 294 g/mol. The van der Waals surface area contributed by atoms with Gasteiger partial charge in [-0.2, -0.15) is 0 Å². The Balaban J connectivity index is 1.97. The molecule has 122 valence electrons. The van der Waals surface area contributed by atoms with Crippen LogP contribution in [0.5, 0.6) is 0 Å². The van der Waals surface area contributed by atoms with Gasteiger partial charge in [0.1, 0.15) is 0 Å². The molecular formula is C22H23NO. The van der Waals surface area contributed by atoms with E-state index < -0.39 is 0 Å². The van der Waals surface area contributed by atoms with Gasteiger partial charge in [-0.15, -0.1) is 0 Å². The second kappa shape index (κ2) is 6.39. The van der Waals surface area contributed by atoms with Crippen molar-refractivity contribution in [1.82, 2.24) is 4.90 Å². The van der Waals surface area contributed by atoms with Gasteiger partial charge in [0.25, 0.3) is 0 Å². The van der Waals surface area contributed by atoms with Gasteiger partial charge in [-0.25, -0.2) is 0 Å². The van der Waals surface area contributed by atoms with Crippen molar-refractivity contribution >= 4 is 17.7 Å². The number of hydrogen-bond donors (Lipinski definition) is 1. The maximum Gasteiger partial charge on any atom is 0.0682 e. The van der Waals surface area contributed by atoms with E-state index in [4.69, 9.17) is 0 Å². The van der Waals surface area contributed by atoms with Gasteiger partial charge >= 0.3 is 0 Å². The van der Waals surface area contributed by atoms with Crippen molar-refractivity contribution in [2.45, 2.75) is 19.4 Å². The molecule has 0 atom stereocenters. The molecule has 2 heteroatoms. The Kier molecular flexibility index (Phi) is 4.09. The highest BCUT2D eigenvalue weighted by Crippen LogP contribution is 2.39. The molecule has 0 spiro atoms. The van der Waals surface area contributed by atoms with Crippen molar-refractivity contribution in [3.05, 3.63) is 75.9 Å². The minimum atomic E-state index is 0.0873. The molecule has 1 fully saturated rings. The summed E-state index contributed by atoms with van der Waals surface area (Å²) in [4.78, 5) is 2.40. The molecule has 2 aromatic carbocycles. The third-order valence-corrected chi connectivity index (χ3v) is 5.19. The zero-order valence-electron chi connectivity index (χ0n) is 14.1. The van der Waals surface area contributed by atoms with E-state index in [0.717, 1.165) is 31.5 Å². The van der Waals surface area contributed by atoms with Crippen LogP contribution in [0, 0.1) is 0 Å². The van der Waals surface area contributed by atoms with E-state index >= 15 is 0 Å². The molecule has 2 aromatic rings. The second-order valence-electron chi connectivity index (χ2n) is 6.78. The normalized spacial score (nSPS) is 17.4. The van der Waals surface area contributed by atoms with E-state index in [1.807, 2.05) is 6.07 Å². The van der Waals surface area contributed by atoms with Crippen LogP contribution in [0.25, 0.3) is 17.7 Å². The Morgan fingerprint density at radius 2 is 1.62 bits per heavy atom. The van der Waals surface area contributed by atoms with Crippen molar-refractivity contribution < 1.29 is 5.11 Å². The highest BCUT2D eigenvalue weighted by atomic mass is 16.3. The van der Waals surface area contributed by atoms with Gasteiger partial charge in [0.2, 0.25) is 0 Å². The Morgan fingerprint density at radius 1 is 0.917 bits per heavy atom. The minimum Gasteiger partial charge on any atom is -0.392 e. The van der Waals surface area contributed by atoms with E-state index in [2.05, 4.69) is 60.5 Å². The Labute approximate surface area is 143 Å². The number of rotatable bonds is 1. The average molecular weight is 317 g/mol. The molecule has 2 nitrogen and oxygen atoms in total. The van der Waals surface area contributed by atoms with Crippen LogP contribution in [-0.2, 0) is 6.61 Å². The van der Waals surface area contributed by atoms with Crippen LogP contribution in [0.15, 0.2) is 48.0 Å². The van der Waals surface area contributed by atoms with Crippen molar-refractivity contribution in [1.29, 1.82) is 0 Å². The van der Waals surface area contributed by atoms with Crippen LogP contribution in [0.1, 0.15) is 40.7 Å². The number of aliphatic hydroxyl groups is 1. The zero-order valence-corrected chi connectivity index (χ0v) is 14.1. The Bertz CT molecular complexity index is 822. The monoisotopic (exact) mass is 317 g/mol. The number of piperidine rings is 1. The molecule has 1 saturated heterocycles. The lowest BCUT2D eigenvalue weighted by Crippen LogP contribution is -2.27. The maximum atomic E-state index is 9.60. The fraction of sp³-hybridized carbons (Fsp3) is 0.273. The largest absolute Gasteiger partial charge is 0.392 e. The van der Waals surface area contributed by atoms with Crippen molar-refractivity contribution in [3.8, 4) is 0 Å². The minimum absolute atomic E-state index is 0.0873. The molecule has 24 heavy (non-hydrogen) atoms. The first-order valence-corrected chi connectivity index (χ1v) is 8.68. The lowest BCUT2D eigenvalue weighted by Gasteiger charge is -2.27. The Morgan fingerprint density at radius 3 is 2.38 bits per heavy atom. The van der Waals surface area contributed by atoms with Crippen LogP contribution >= 0.6 is 0 Å². The molecule has 0 bridgehead atoms. The number of nitrogens with zero attached hydrogens (tertiary/aromatic N) is 1. The number of benzene rings is 2. The summed E-state index contributed by atoms with van der Waals surface area (Å²) in [5, 5.41) is 9.60. The fourth-order valence-electron chi connectivity index (χ4n) is 3.78. The number of hydrogen-bond acceptors (Lipinski definition) is 2. The van der Waals surface area contributed by atoms with Crippen molar-refractivity contribution in [3.63, 3.8) is 0 Å². The molecule has 0 saturated carbocycles. The average Bonchev–Trinajstić information content (AvgIpc) is 2.79. The summed E-state index contributed by atoms with van der Waals surface area (Å²) in [5.74, 6) is 0. The lowest BCUT2D eigenvalue weighted by atomic mass is 9.85. The first kappa shape index (κ1) is 15.4. The van der Waals surface area contributed by atoms with E-state index in [1.165, 1.54) is 27.8 Å². The van der Waals surface area contributed by atoms with Crippen LogP contribution in [0.4, 0.5) is 0 Å². The van der Waals surface area contributed by atoms with Gasteiger partial charge in [-0.3, -0.25) is 0 Å². The predicted molar refractivity (Wildman–Crippen MR) is 100 cm³/mol. The van der Waals surface area contributed by atoms with Crippen LogP contribution in [0.3, 0.4) is 0 Å². The maximum absolute atomic E-state index is 9.60. The van der Waals surface area contributed by atoms with Gasteiger partial charge < -0.3 is 10.0 Å².